The smallest absolute Gasteiger partial charge is 0.264 e. The molecule has 3 amide bonds. The van der Waals surface area contributed by atoms with E-state index in [0.29, 0.717) is 18.0 Å². The summed E-state index contributed by atoms with van der Waals surface area (Å²) in [5, 5.41) is 1.87. The third-order valence-corrected chi connectivity index (χ3v) is 4.72. The Balaban J connectivity index is 2.20. The maximum absolute atomic E-state index is 12.6. The summed E-state index contributed by atoms with van der Waals surface area (Å²) >= 11 is 1.39. The fourth-order valence-corrected chi connectivity index (χ4v) is 3.29. The molecule has 1 fully saturated rings. The van der Waals surface area contributed by atoms with Gasteiger partial charge in [-0.05, 0) is 23.9 Å². The van der Waals surface area contributed by atoms with Crippen molar-refractivity contribution in [2.45, 2.75) is 13.8 Å². The molecule has 0 spiro atoms. The van der Waals surface area contributed by atoms with Crippen LogP contribution in [0.15, 0.2) is 11.4 Å². The molecule has 7 heteroatoms. The summed E-state index contributed by atoms with van der Waals surface area (Å²) in [4.78, 5) is 39.5. The van der Waals surface area contributed by atoms with Crippen LogP contribution in [0.25, 0.3) is 0 Å². The number of rotatable bonds is 2. The first kappa shape index (κ1) is 15.5. The summed E-state index contributed by atoms with van der Waals surface area (Å²) in [6.45, 7) is 4.72. The quantitative estimate of drug-likeness (QED) is 0.861. The molecule has 0 aliphatic carbocycles. The van der Waals surface area contributed by atoms with Gasteiger partial charge in [0, 0.05) is 33.1 Å². The Bertz CT molecular complexity index is 570. The molecule has 21 heavy (non-hydrogen) atoms. The van der Waals surface area contributed by atoms with Crippen LogP contribution in [-0.4, -0.2) is 53.7 Å². The molecule has 2 heterocycles. The second-order valence-corrected chi connectivity index (χ2v) is 6.16. The molecular weight excluding hydrogens is 290 g/mol. The Morgan fingerprint density at radius 3 is 2.38 bits per heavy atom. The molecule has 6 nitrogen and oxygen atoms in total. The van der Waals surface area contributed by atoms with Crippen LogP contribution in [0.2, 0.25) is 0 Å². The average Bonchev–Trinajstić information content (AvgIpc) is 2.72. The monoisotopic (exact) mass is 309 g/mol. The Morgan fingerprint density at radius 2 is 1.86 bits per heavy atom. The number of thiophene rings is 1. The van der Waals surface area contributed by atoms with E-state index in [1.165, 1.54) is 18.3 Å². The number of hydrogen-bond acceptors (Lipinski definition) is 4. The molecule has 1 aliphatic rings. The van der Waals surface area contributed by atoms with E-state index in [1.807, 2.05) is 18.4 Å². The van der Waals surface area contributed by atoms with Gasteiger partial charge in [0.25, 0.3) is 5.91 Å². The van der Waals surface area contributed by atoms with Gasteiger partial charge in [-0.15, -0.1) is 11.3 Å². The van der Waals surface area contributed by atoms with Crippen LogP contribution in [0.3, 0.4) is 0 Å². The van der Waals surface area contributed by atoms with Crippen molar-refractivity contribution in [1.29, 1.82) is 0 Å². The largest absolute Gasteiger partial charge is 0.369 e. The van der Waals surface area contributed by atoms with E-state index in [0.717, 1.165) is 5.56 Å². The Labute approximate surface area is 127 Å². The van der Waals surface area contributed by atoms with Gasteiger partial charge in [-0.25, -0.2) is 0 Å². The van der Waals surface area contributed by atoms with E-state index < -0.39 is 11.8 Å². The van der Waals surface area contributed by atoms with Crippen LogP contribution < -0.4 is 5.73 Å². The van der Waals surface area contributed by atoms with Crippen molar-refractivity contribution in [2.24, 2.45) is 11.7 Å². The molecule has 0 bridgehead atoms. The summed E-state index contributed by atoms with van der Waals surface area (Å²) in [6, 6.07) is 1.89. The van der Waals surface area contributed by atoms with Crippen molar-refractivity contribution < 1.29 is 14.4 Å². The molecule has 0 saturated carbocycles. The first-order valence-corrected chi connectivity index (χ1v) is 7.66. The predicted molar refractivity (Wildman–Crippen MR) is 79.9 cm³/mol. The van der Waals surface area contributed by atoms with E-state index in [4.69, 9.17) is 5.73 Å². The highest BCUT2D eigenvalue weighted by Gasteiger charge is 2.30. The first-order chi connectivity index (χ1) is 9.90. The average molecular weight is 309 g/mol. The minimum atomic E-state index is -0.527. The number of nitrogens with zero attached hydrogens (tertiary/aromatic N) is 2. The van der Waals surface area contributed by atoms with Crippen molar-refractivity contribution in [1.82, 2.24) is 9.80 Å². The minimum Gasteiger partial charge on any atom is -0.369 e. The maximum Gasteiger partial charge on any atom is 0.264 e. The molecule has 1 atom stereocenters. The van der Waals surface area contributed by atoms with E-state index in [-0.39, 0.29) is 24.9 Å². The number of carbonyl (C=O) groups excluding carboxylic acids is 3. The lowest BCUT2D eigenvalue weighted by molar-refractivity contribution is -0.130. The normalized spacial score (nSPS) is 19.2. The van der Waals surface area contributed by atoms with Crippen LogP contribution >= 0.6 is 11.3 Å². The molecule has 2 N–H and O–H groups in total. The zero-order valence-electron chi connectivity index (χ0n) is 12.2. The van der Waals surface area contributed by atoms with Crippen molar-refractivity contribution in [3.05, 3.63) is 21.9 Å². The van der Waals surface area contributed by atoms with Crippen molar-refractivity contribution in [3.63, 3.8) is 0 Å². The summed E-state index contributed by atoms with van der Waals surface area (Å²) in [5.74, 6) is -1.22. The zero-order valence-corrected chi connectivity index (χ0v) is 13.0. The van der Waals surface area contributed by atoms with Gasteiger partial charge in [0.05, 0.1) is 10.8 Å². The Morgan fingerprint density at radius 1 is 1.24 bits per heavy atom. The summed E-state index contributed by atoms with van der Waals surface area (Å²) < 4.78 is 0. The van der Waals surface area contributed by atoms with E-state index in [1.54, 1.807) is 9.80 Å². The van der Waals surface area contributed by atoms with E-state index in [9.17, 15) is 14.4 Å². The van der Waals surface area contributed by atoms with Gasteiger partial charge in [0.2, 0.25) is 11.8 Å². The highest BCUT2D eigenvalue weighted by molar-refractivity contribution is 7.12. The number of carbonyl (C=O) groups is 3. The standard InChI is InChI=1S/C14H19N3O3S/c1-9-3-6-21-12(9)14(20)17-5-4-16(10(2)18)7-11(8-17)13(15)19/h3,6,11H,4-5,7-8H2,1-2H3,(H2,15,19)/t11-/m1/s1. The lowest BCUT2D eigenvalue weighted by Crippen LogP contribution is -2.40. The van der Waals surface area contributed by atoms with Crippen molar-refractivity contribution >= 4 is 29.1 Å². The highest BCUT2D eigenvalue weighted by Crippen LogP contribution is 2.20. The Hall–Kier alpha value is -1.89. The number of nitrogens with two attached hydrogens (primary N) is 1. The van der Waals surface area contributed by atoms with Gasteiger partial charge in [0.1, 0.15) is 0 Å². The summed E-state index contributed by atoms with van der Waals surface area (Å²) in [5.41, 5.74) is 6.32. The van der Waals surface area contributed by atoms with Gasteiger partial charge in [0.15, 0.2) is 0 Å². The van der Waals surface area contributed by atoms with E-state index in [2.05, 4.69) is 0 Å². The highest BCUT2D eigenvalue weighted by atomic mass is 32.1. The molecule has 0 unspecified atom stereocenters. The molecule has 0 aromatic carbocycles. The molecule has 0 radical (unpaired) electrons. The van der Waals surface area contributed by atoms with Crippen LogP contribution in [0.1, 0.15) is 22.2 Å². The lowest BCUT2D eigenvalue weighted by Gasteiger charge is -2.22. The third-order valence-electron chi connectivity index (χ3n) is 3.71. The second-order valence-electron chi connectivity index (χ2n) is 5.25. The van der Waals surface area contributed by atoms with Gasteiger partial charge in [-0.2, -0.15) is 0 Å². The molecule has 1 aromatic heterocycles. The van der Waals surface area contributed by atoms with E-state index >= 15 is 0 Å². The predicted octanol–water partition coefficient (Wildman–Crippen LogP) is 0.462. The van der Waals surface area contributed by atoms with Gasteiger partial charge < -0.3 is 15.5 Å². The van der Waals surface area contributed by atoms with Gasteiger partial charge in [-0.3, -0.25) is 14.4 Å². The zero-order chi connectivity index (χ0) is 15.6. The number of amides is 3. The Kier molecular flexibility index (Phi) is 4.62. The fourth-order valence-electron chi connectivity index (χ4n) is 2.40. The number of aryl methyl sites for hydroxylation is 1. The maximum atomic E-state index is 12.6. The van der Waals surface area contributed by atoms with Crippen LogP contribution in [-0.2, 0) is 9.59 Å². The molecular formula is C14H19N3O3S. The molecule has 1 saturated heterocycles. The van der Waals surface area contributed by atoms with Gasteiger partial charge >= 0.3 is 0 Å². The third kappa shape index (κ3) is 3.41. The first-order valence-electron chi connectivity index (χ1n) is 6.78. The minimum absolute atomic E-state index is 0.0980. The van der Waals surface area contributed by atoms with Crippen LogP contribution in [0, 0.1) is 12.8 Å². The molecule has 1 aromatic rings. The van der Waals surface area contributed by atoms with Crippen LogP contribution in [0.5, 0.6) is 0 Å². The fraction of sp³-hybridized carbons (Fsp3) is 0.500. The molecule has 1 aliphatic heterocycles. The molecule has 114 valence electrons. The lowest BCUT2D eigenvalue weighted by atomic mass is 10.1. The number of hydrogen-bond donors (Lipinski definition) is 1. The SMILES string of the molecule is CC(=O)N1CCN(C(=O)c2sccc2C)C[C@H](C(N)=O)C1. The second kappa shape index (κ2) is 6.26. The topological polar surface area (TPSA) is 83.7 Å². The van der Waals surface area contributed by atoms with Crippen molar-refractivity contribution in [3.8, 4) is 0 Å². The van der Waals surface area contributed by atoms with Crippen molar-refractivity contribution in [2.75, 3.05) is 26.2 Å². The summed E-state index contributed by atoms with van der Waals surface area (Å²) in [7, 11) is 0. The number of primary amides is 1. The summed E-state index contributed by atoms with van der Waals surface area (Å²) in [6.07, 6.45) is 0. The molecule has 2 rings (SSSR count). The van der Waals surface area contributed by atoms with Gasteiger partial charge in [-0.1, -0.05) is 0 Å². The van der Waals surface area contributed by atoms with Crippen LogP contribution in [0.4, 0.5) is 0 Å².